The number of carboxylic acid groups (broad SMARTS) is 2. The second-order valence-electron chi connectivity index (χ2n) is 15.6. The first-order chi connectivity index (χ1) is 34.7. The number of aromatic hydroxyl groups is 1. The number of carbonyl (C=O) groups excluding carboxylic acids is 1. The molecule has 0 aliphatic carbocycles. The molecule has 0 amide bonds. The minimum atomic E-state index is -4.38. The van der Waals surface area contributed by atoms with Gasteiger partial charge in [-0.05, 0) is 73.5 Å². The van der Waals surface area contributed by atoms with Gasteiger partial charge in [-0.2, -0.15) is 26.3 Å². The monoisotopic (exact) mass is 1340 g/mol. The van der Waals surface area contributed by atoms with Gasteiger partial charge < -0.3 is 41.3 Å². The minimum absolute atomic E-state index is 0. The second kappa shape index (κ2) is 32.2. The number of hydrogen-bond donors (Lipinski definition) is 3. The molecule has 2 unspecified atom stereocenters. The van der Waals surface area contributed by atoms with Gasteiger partial charge in [0.05, 0.1) is 57.5 Å². The van der Waals surface area contributed by atoms with Crippen LogP contribution in [0, 0.1) is 13.8 Å². The molecular weight excluding hydrogens is 1300 g/mol. The number of rotatable bonds is 15. The average molecular weight is 1350 g/mol. The van der Waals surface area contributed by atoms with Crippen molar-refractivity contribution in [1.82, 2.24) is 9.97 Å². The molecule has 26 heteroatoms. The summed E-state index contributed by atoms with van der Waals surface area (Å²) in [7, 11) is 0. The summed E-state index contributed by atoms with van der Waals surface area (Å²) in [5.41, 5.74) is 4.61. The zero-order chi connectivity index (χ0) is 53.3. The molecular formula is C49H45ClCs2F6N4O11S2. The third-order valence-electron chi connectivity index (χ3n) is 10.6. The molecule has 15 nitrogen and oxygen atoms in total. The summed E-state index contributed by atoms with van der Waals surface area (Å²) in [6, 6.07) is 23.6. The van der Waals surface area contributed by atoms with Gasteiger partial charge in [0.15, 0.2) is 0 Å². The number of phenolic OH excluding ortho intramolecular Hbond substituents is 1. The van der Waals surface area contributed by atoms with Crippen LogP contribution >= 0.6 is 34.3 Å². The summed E-state index contributed by atoms with van der Waals surface area (Å²) in [6.45, 7) is 4.69. The number of oxime groups is 2. The molecule has 8 rings (SSSR count). The minimum Gasteiger partial charge on any atom is -1.00 e. The van der Waals surface area contributed by atoms with Crippen molar-refractivity contribution in [3.8, 4) is 32.6 Å². The van der Waals surface area contributed by atoms with Crippen LogP contribution in [0.4, 0.5) is 26.3 Å². The van der Waals surface area contributed by atoms with Crippen molar-refractivity contribution in [3.63, 3.8) is 0 Å². The standard InChI is InChI=1S/C24H21F3N2O4S.C12H9ClF3NS.C12H13NO4.CH2O3.2Cs.H/c1-14-21(34-23(28-14)16-2-6-17(7-3-16)24(25,26)27)13-32-18-8-4-15(5-9-18)19(12-22(30)31)20-10-11-33-29-20;1-7-10(6-13)18-11(17-7)8-2-4-9(5-3-8)12(14,15)16;14-9-3-1-8(2-4-9)10(7-12(15)16)11-5-6-17-13-11;2-1-4-3;;;/h2-9,19H,10-13H2,1H3,(H,30,31);2-5H,6H2,1H3;1-4,10,14H,5-7H2,(H,15,16);1,3H;;;/q;;;;2*+1;-1/p-1. The molecule has 390 valence electrons. The van der Waals surface area contributed by atoms with Crippen LogP contribution in [0.25, 0.3) is 21.1 Å². The van der Waals surface area contributed by atoms with Gasteiger partial charge in [-0.1, -0.05) is 58.8 Å². The van der Waals surface area contributed by atoms with Crippen LogP contribution in [0.2, 0.25) is 0 Å². The van der Waals surface area contributed by atoms with E-state index in [1.165, 1.54) is 46.9 Å². The summed E-state index contributed by atoms with van der Waals surface area (Å²) in [6.07, 6.45) is -7.53. The van der Waals surface area contributed by atoms with E-state index in [9.17, 15) is 46.1 Å². The second-order valence-corrected chi connectivity index (χ2v) is 18.0. The van der Waals surface area contributed by atoms with Gasteiger partial charge in [0.1, 0.15) is 41.3 Å². The Hall–Kier alpha value is -2.98. The van der Waals surface area contributed by atoms with E-state index in [1.807, 2.05) is 26.0 Å². The van der Waals surface area contributed by atoms with Gasteiger partial charge in [-0.3, -0.25) is 14.4 Å². The van der Waals surface area contributed by atoms with E-state index >= 15 is 0 Å². The predicted octanol–water partition coefficient (Wildman–Crippen LogP) is 5.21. The van der Waals surface area contributed by atoms with Crippen LogP contribution in [-0.4, -0.2) is 68.3 Å². The molecule has 0 saturated carbocycles. The molecule has 3 N–H and O–H groups in total. The van der Waals surface area contributed by atoms with Gasteiger partial charge >= 0.3 is 162 Å². The van der Waals surface area contributed by atoms with E-state index in [0.717, 1.165) is 62.2 Å². The van der Waals surface area contributed by atoms with Crippen LogP contribution in [0.5, 0.6) is 11.5 Å². The molecule has 0 bridgehead atoms. The maximum atomic E-state index is 12.8. The van der Waals surface area contributed by atoms with Gasteiger partial charge in [-0.15, -0.1) is 34.3 Å². The quantitative estimate of drug-likeness (QED) is 0.0396. The van der Waals surface area contributed by atoms with Crippen LogP contribution in [0.15, 0.2) is 107 Å². The summed E-state index contributed by atoms with van der Waals surface area (Å²) in [5.74, 6) is -1.30. The SMILES string of the molecule is Cc1nc(-c2ccc(C(F)(F)F)cc2)sc1CCl.Cc1nc(-c2ccc(C(F)(F)F)cc2)sc1COc1ccc(C(CC(=O)O)C2=NOCC2)cc1.O=C(O)CC(C1=NOCC1)c1ccc(O)cc1.O=CO[O-].[Cs+].[Cs+].[H-]. The maximum absolute atomic E-state index is 12.8. The maximum Gasteiger partial charge on any atom is 1.00 e. The Morgan fingerprint density at radius 3 is 1.43 bits per heavy atom. The molecule has 0 spiro atoms. The molecule has 6 aromatic rings. The van der Waals surface area contributed by atoms with Gasteiger partial charge in [0.2, 0.25) is 0 Å². The number of benzene rings is 4. The largest absolute Gasteiger partial charge is 1.00 e. The Kier molecular flexibility index (Phi) is 28.5. The zero-order valence-electron chi connectivity index (χ0n) is 41.5. The van der Waals surface area contributed by atoms with Gasteiger partial charge in [-0.25, -0.2) is 9.97 Å². The van der Waals surface area contributed by atoms with Crippen molar-refractivity contribution >= 4 is 64.1 Å². The molecule has 4 aromatic carbocycles. The first kappa shape index (κ1) is 66.3. The van der Waals surface area contributed by atoms with Crippen molar-refractivity contribution < 1.29 is 220 Å². The van der Waals surface area contributed by atoms with Crippen molar-refractivity contribution in [2.75, 3.05) is 13.2 Å². The van der Waals surface area contributed by atoms with E-state index in [1.54, 1.807) is 36.4 Å². The number of alkyl halides is 7. The molecule has 0 radical (unpaired) electrons. The normalized spacial score (nSPS) is 13.3. The number of hydrogen-bond acceptors (Lipinski definition) is 15. The van der Waals surface area contributed by atoms with Crippen molar-refractivity contribution in [2.24, 2.45) is 10.3 Å². The fourth-order valence-electron chi connectivity index (χ4n) is 6.95. The molecule has 0 fully saturated rings. The van der Waals surface area contributed by atoms with Crippen molar-refractivity contribution in [1.29, 1.82) is 0 Å². The van der Waals surface area contributed by atoms with E-state index in [0.29, 0.717) is 64.5 Å². The Morgan fingerprint density at radius 2 is 1.09 bits per heavy atom. The summed E-state index contributed by atoms with van der Waals surface area (Å²) >= 11 is 8.51. The zero-order valence-corrected chi connectivity index (χ0v) is 55.4. The number of carboxylic acids is 2. The number of aryl methyl sites for hydroxylation is 2. The van der Waals surface area contributed by atoms with Crippen molar-refractivity contribution in [3.05, 3.63) is 140 Å². The first-order valence-electron chi connectivity index (χ1n) is 21.6. The van der Waals surface area contributed by atoms with Gasteiger partial charge in [0, 0.05) is 40.7 Å². The molecule has 2 aliphatic heterocycles. The molecule has 2 aromatic heterocycles. The summed E-state index contributed by atoms with van der Waals surface area (Å²) in [5, 5.41) is 45.0. The van der Waals surface area contributed by atoms with Crippen LogP contribution in [0.3, 0.4) is 0 Å². The Balaban J connectivity index is 0.000000399. The van der Waals surface area contributed by atoms with Gasteiger partial charge in [0.25, 0.3) is 6.47 Å². The van der Waals surface area contributed by atoms with Crippen LogP contribution in [0.1, 0.15) is 82.3 Å². The number of nitrogens with zero attached hydrogens (tertiary/aromatic N) is 4. The van der Waals surface area contributed by atoms with E-state index in [2.05, 4.69) is 25.2 Å². The number of aromatic nitrogens is 2. The molecule has 2 atom stereocenters. The van der Waals surface area contributed by atoms with Crippen molar-refractivity contribution in [2.45, 2.75) is 76.2 Å². The topological polar surface area (TPSA) is 222 Å². The first-order valence-corrected chi connectivity index (χ1v) is 23.8. The van der Waals surface area contributed by atoms with Crippen LogP contribution < -0.4 is 148 Å². The Bertz CT molecular complexity index is 2850. The number of halogens is 7. The average Bonchev–Trinajstić information content (AvgIpc) is 4.22. The van der Waals surface area contributed by atoms with Crippen LogP contribution in [-0.2, 0) is 53.8 Å². The van der Waals surface area contributed by atoms with E-state index < -0.39 is 35.4 Å². The number of ether oxygens (including phenoxy) is 1. The predicted molar refractivity (Wildman–Crippen MR) is 257 cm³/mol. The smallest absolute Gasteiger partial charge is 1.00 e. The fourth-order valence-corrected chi connectivity index (χ4v) is 9.20. The Labute approximate surface area is 558 Å². The molecule has 0 saturated heterocycles. The summed E-state index contributed by atoms with van der Waals surface area (Å²) in [4.78, 5) is 53.9. The Morgan fingerprint density at radius 1 is 0.707 bits per heavy atom. The molecule has 2 aliphatic rings. The van der Waals surface area contributed by atoms with E-state index in [-0.39, 0.29) is 183 Å². The third kappa shape index (κ3) is 21.0. The molecule has 4 heterocycles. The number of thiazole rings is 2. The number of aliphatic carboxylic acids is 2. The fraction of sp³-hybridized carbons (Fsp3) is 0.286. The summed E-state index contributed by atoms with van der Waals surface area (Å²) < 4.78 is 81.5. The van der Waals surface area contributed by atoms with E-state index in [4.69, 9.17) is 41.2 Å². The number of phenols is 1. The number of carbonyl (C=O) groups is 3. The third-order valence-corrected chi connectivity index (χ3v) is 13.4. The molecule has 75 heavy (non-hydrogen) atoms.